The Hall–Kier alpha value is -11.6. The number of ether oxygens (including phenoxy) is 4. The van der Waals surface area contributed by atoms with Crippen molar-refractivity contribution in [2.75, 3.05) is 26.4 Å². The van der Waals surface area contributed by atoms with Gasteiger partial charge in [0.15, 0.2) is 0 Å². The third kappa shape index (κ3) is 8.84. The number of benzene rings is 14. The summed E-state index contributed by atoms with van der Waals surface area (Å²) < 4.78 is 25.7. The van der Waals surface area contributed by atoms with E-state index in [-0.39, 0.29) is 11.5 Å². The van der Waals surface area contributed by atoms with Gasteiger partial charge in [0.05, 0.1) is 16.2 Å². The number of phenolic OH excluding ortho intramolecular Hbond substituents is 2. The van der Waals surface area contributed by atoms with Crippen molar-refractivity contribution >= 4 is 21.5 Å². The largest absolute Gasteiger partial charge is 0.508 e. The van der Waals surface area contributed by atoms with Crippen LogP contribution in [0.5, 0.6) is 34.5 Å². The second kappa shape index (κ2) is 22.4. The van der Waals surface area contributed by atoms with Gasteiger partial charge in [-0.1, -0.05) is 231 Å². The van der Waals surface area contributed by atoms with E-state index in [1.54, 1.807) is 12.1 Å². The summed E-state index contributed by atoms with van der Waals surface area (Å²) in [6.45, 7) is 1.45. The fourth-order valence-electron chi connectivity index (χ4n) is 15.8. The normalized spacial score (nSPS) is 13.9. The second-order valence-electron chi connectivity index (χ2n) is 24.5. The van der Waals surface area contributed by atoms with Gasteiger partial charge in [-0.05, 0) is 207 Å². The minimum Gasteiger partial charge on any atom is -0.508 e. The highest BCUT2D eigenvalue weighted by atomic mass is 16.5. The second-order valence-corrected chi connectivity index (χ2v) is 24.5. The summed E-state index contributed by atoms with van der Waals surface area (Å²) in [4.78, 5) is 0. The fraction of sp³-hybridized carbons (Fsp3) is 0.0805. The van der Waals surface area contributed by atoms with E-state index in [1.165, 1.54) is 66.8 Å². The molecule has 0 amide bonds. The third-order valence-corrected chi connectivity index (χ3v) is 19.8. The van der Waals surface area contributed by atoms with E-state index in [0.29, 0.717) is 26.4 Å². The van der Waals surface area contributed by atoms with Gasteiger partial charge in [0.2, 0.25) is 0 Å². The van der Waals surface area contributed by atoms with Crippen LogP contribution in [-0.2, 0) is 16.2 Å². The van der Waals surface area contributed by atoms with Crippen molar-refractivity contribution in [2.45, 2.75) is 16.2 Å². The molecule has 0 atom stereocenters. The van der Waals surface area contributed by atoms with E-state index in [9.17, 15) is 10.2 Å². The summed E-state index contributed by atoms with van der Waals surface area (Å²) in [5, 5.41) is 24.7. The molecule has 0 saturated carbocycles. The van der Waals surface area contributed by atoms with Crippen LogP contribution in [0.4, 0.5) is 0 Å². The van der Waals surface area contributed by atoms with Crippen molar-refractivity contribution in [3.05, 3.63) is 382 Å². The summed E-state index contributed by atoms with van der Waals surface area (Å²) >= 11 is 0. The number of rotatable bonds is 16. The van der Waals surface area contributed by atoms with Crippen LogP contribution in [0.25, 0.3) is 54.9 Å². The Morgan fingerprint density at radius 3 is 0.667 bits per heavy atom. The van der Waals surface area contributed by atoms with Gasteiger partial charge in [-0.15, -0.1) is 0 Å². The van der Waals surface area contributed by atoms with Crippen molar-refractivity contribution < 1.29 is 29.2 Å². The van der Waals surface area contributed by atoms with Gasteiger partial charge in [-0.2, -0.15) is 0 Å². The number of fused-ring (bicyclic) bond motifs is 11. The van der Waals surface area contributed by atoms with E-state index in [4.69, 9.17) is 18.9 Å². The topological polar surface area (TPSA) is 77.4 Å². The van der Waals surface area contributed by atoms with Gasteiger partial charge in [-0.3, -0.25) is 0 Å². The van der Waals surface area contributed by atoms with Crippen LogP contribution in [0.15, 0.2) is 315 Å². The zero-order chi connectivity index (χ0) is 62.1. The minimum atomic E-state index is -0.603. The molecule has 0 aromatic heterocycles. The van der Waals surface area contributed by atoms with Gasteiger partial charge in [0.25, 0.3) is 0 Å². The quantitative estimate of drug-likeness (QED) is 0.0939. The maximum atomic E-state index is 10.3. The lowest BCUT2D eigenvalue weighted by molar-refractivity contribution is 0.217. The molecule has 14 aromatic rings. The zero-order valence-electron chi connectivity index (χ0n) is 50.9. The molecule has 0 spiro atoms. The molecule has 0 saturated heterocycles. The third-order valence-electron chi connectivity index (χ3n) is 19.8. The summed E-state index contributed by atoms with van der Waals surface area (Å²) in [5.41, 5.74) is 19.9. The molecule has 0 radical (unpaired) electrons. The lowest BCUT2D eigenvalue weighted by atomic mass is 9.67. The highest BCUT2D eigenvalue weighted by molar-refractivity contribution is 5.93. The Balaban J connectivity index is 0.588. The Labute approximate surface area is 540 Å². The average Bonchev–Trinajstić information content (AvgIpc) is 1.58. The summed E-state index contributed by atoms with van der Waals surface area (Å²) in [6, 6.07) is 111. The van der Waals surface area contributed by atoms with E-state index in [2.05, 4.69) is 279 Å². The first-order chi connectivity index (χ1) is 45.9. The lowest BCUT2D eigenvalue weighted by Crippen LogP contribution is -2.28. The molecule has 3 aliphatic rings. The van der Waals surface area contributed by atoms with Gasteiger partial charge in [0.1, 0.15) is 60.9 Å². The van der Waals surface area contributed by atoms with Crippen molar-refractivity contribution in [2.24, 2.45) is 0 Å². The maximum Gasteiger partial charge on any atom is 0.122 e. The van der Waals surface area contributed by atoms with Gasteiger partial charge in [0, 0.05) is 0 Å². The molecule has 6 nitrogen and oxygen atoms in total. The monoisotopic (exact) mass is 1200 g/mol. The molecule has 93 heavy (non-hydrogen) atoms. The van der Waals surface area contributed by atoms with Crippen molar-refractivity contribution in [1.29, 1.82) is 0 Å². The molecule has 17 rings (SSSR count). The van der Waals surface area contributed by atoms with Crippen LogP contribution in [0, 0.1) is 0 Å². The molecule has 6 heteroatoms. The molecule has 0 heterocycles. The molecule has 0 unspecified atom stereocenters. The van der Waals surface area contributed by atoms with Crippen molar-refractivity contribution in [1.82, 2.24) is 0 Å². The molecule has 3 aliphatic carbocycles. The summed E-state index contributed by atoms with van der Waals surface area (Å²) in [6.07, 6.45) is 0. The van der Waals surface area contributed by atoms with Crippen LogP contribution < -0.4 is 18.9 Å². The number of hydrogen-bond acceptors (Lipinski definition) is 6. The van der Waals surface area contributed by atoms with Crippen molar-refractivity contribution in [3.63, 3.8) is 0 Å². The fourth-order valence-corrected chi connectivity index (χ4v) is 15.8. The van der Waals surface area contributed by atoms with Crippen LogP contribution in [0.3, 0.4) is 0 Å². The molecular formula is C87H62O6. The highest BCUT2D eigenvalue weighted by Crippen LogP contribution is 2.60. The SMILES string of the molecule is Oc1ccc2cc(C3(c4ccc(OCCOc5ccc(C6(c7ccc(OCCOc8ccc(C9(c%10ccc%11cc(O)ccc%11c%10)c%10ccccc%10-c%10ccccc%109)cc8)cc7)c7ccccc7-c7ccccc76)cc5)cc4)c4ccccc4-c4ccccc43)ccc2c1. The van der Waals surface area contributed by atoms with E-state index < -0.39 is 16.2 Å². The number of phenols is 2. The first-order valence-corrected chi connectivity index (χ1v) is 31.9. The van der Waals surface area contributed by atoms with E-state index in [0.717, 1.165) is 77.9 Å². The molecule has 0 fully saturated rings. The summed E-state index contributed by atoms with van der Waals surface area (Å²) in [7, 11) is 0. The van der Waals surface area contributed by atoms with E-state index in [1.807, 2.05) is 24.3 Å². The molecule has 446 valence electrons. The van der Waals surface area contributed by atoms with Gasteiger partial charge >= 0.3 is 0 Å². The smallest absolute Gasteiger partial charge is 0.122 e. The van der Waals surface area contributed by atoms with Crippen molar-refractivity contribution in [3.8, 4) is 67.9 Å². The Morgan fingerprint density at radius 2 is 0.409 bits per heavy atom. The number of hydrogen-bond donors (Lipinski definition) is 2. The van der Waals surface area contributed by atoms with Crippen LogP contribution in [-0.4, -0.2) is 36.6 Å². The minimum absolute atomic E-state index is 0.256. The summed E-state index contributed by atoms with van der Waals surface area (Å²) in [5.74, 6) is 3.57. The first-order valence-electron chi connectivity index (χ1n) is 31.9. The molecule has 0 aliphatic heterocycles. The molecule has 2 N–H and O–H groups in total. The van der Waals surface area contributed by atoms with E-state index >= 15 is 0 Å². The predicted molar refractivity (Wildman–Crippen MR) is 372 cm³/mol. The predicted octanol–water partition coefficient (Wildman–Crippen LogP) is 19.4. The Morgan fingerprint density at radius 1 is 0.204 bits per heavy atom. The maximum absolute atomic E-state index is 10.3. The standard InChI is InChI=1S/C87H62O6/c88-67-39-27-57-53-65(29-25-59(57)55-67)86(81-21-9-3-15-75(81)76-16-4-10-22-82(76)86)63-35-45-71(46-36-63)92-51-49-90-69-41-31-61(32-42-69)85(79-19-7-1-13-73(79)74-14-2-8-20-80(74)85)62-33-43-70(44-34-62)91-50-52-93-72-47-37-64(38-48-72)87(66-30-26-60-56-68(89)40-28-58(60)54-66)83-23-11-5-17-77(83)78-18-6-12-24-84(78)87/h1-48,53-56,88-89H,49-52H2. The van der Waals surface area contributed by atoms with Gasteiger partial charge in [-0.25, -0.2) is 0 Å². The number of aromatic hydroxyl groups is 2. The molecular weight excluding hydrogens is 1140 g/mol. The molecule has 0 bridgehead atoms. The first kappa shape index (κ1) is 55.5. The van der Waals surface area contributed by atoms with Crippen LogP contribution >= 0.6 is 0 Å². The van der Waals surface area contributed by atoms with Crippen LogP contribution in [0.1, 0.15) is 66.8 Å². The Kier molecular flexibility index (Phi) is 13.4. The highest BCUT2D eigenvalue weighted by Gasteiger charge is 2.49. The zero-order valence-corrected chi connectivity index (χ0v) is 50.9. The molecule has 14 aromatic carbocycles. The Bertz CT molecular complexity index is 4770. The van der Waals surface area contributed by atoms with Gasteiger partial charge < -0.3 is 29.2 Å². The lowest BCUT2D eigenvalue weighted by Gasteiger charge is -2.34. The van der Waals surface area contributed by atoms with Crippen LogP contribution in [0.2, 0.25) is 0 Å². The average molecular weight is 1200 g/mol.